The third-order valence-corrected chi connectivity index (χ3v) is 3.44. The average Bonchev–Trinajstić information content (AvgIpc) is 2.98. The third-order valence-electron chi connectivity index (χ3n) is 3.44. The maximum Gasteiger partial charge on any atom is 0.120 e. The molecular formula is C13H22N2O. The van der Waals surface area contributed by atoms with Crippen molar-refractivity contribution in [3.63, 3.8) is 0 Å². The molecule has 1 fully saturated rings. The van der Waals surface area contributed by atoms with E-state index in [1.54, 1.807) is 6.26 Å². The lowest BCUT2D eigenvalue weighted by Gasteiger charge is -2.24. The maximum atomic E-state index is 5.41. The van der Waals surface area contributed by atoms with Crippen molar-refractivity contribution in [2.75, 3.05) is 20.6 Å². The van der Waals surface area contributed by atoms with E-state index in [1.165, 1.54) is 18.4 Å². The van der Waals surface area contributed by atoms with Crippen molar-refractivity contribution in [2.24, 2.45) is 5.92 Å². The van der Waals surface area contributed by atoms with Gasteiger partial charge in [0.2, 0.25) is 0 Å². The van der Waals surface area contributed by atoms with E-state index in [2.05, 4.69) is 31.2 Å². The number of aryl methyl sites for hydroxylation is 1. The smallest absolute Gasteiger partial charge is 0.120 e. The van der Waals surface area contributed by atoms with Crippen LogP contribution in [-0.4, -0.2) is 31.6 Å². The number of hydrogen-bond donors (Lipinski definition) is 1. The van der Waals surface area contributed by atoms with E-state index in [-0.39, 0.29) is 0 Å². The van der Waals surface area contributed by atoms with Crippen molar-refractivity contribution in [3.8, 4) is 0 Å². The number of rotatable bonds is 6. The predicted molar refractivity (Wildman–Crippen MR) is 65.4 cm³/mol. The van der Waals surface area contributed by atoms with Crippen LogP contribution in [0.5, 0.6) is 0 Å². The first-order valence-corrected chi connectivity index (χ1v) is 6.08. The Balaban J connectivity index is 1.76. The Morgan fingerprint density at radius 1 is 1.50 bits per heavy atom. The molecule has 90 valence electrons. The molecule has 0 aromatic carbocycles. The molecule has 0 amide bonds. The first-order valence-electron chi connectivity index (χ1n) is 6.08. The summed E-state index contributed by atoms with van der Waals surface area (Å²) in [5, 5.41) is 3.50. The van der Waals surface area contributed by atoms with Gasteiger partial charge in [0.15, 0.2) is 0 Å². The van der Waals surface area contributed by atoms with Gasteiger partial charge in [-0.1, -0.05) is 0 Å². The van der Waals surface area contributed by atoms with Crippen LogP contribution >= 0.6 is 0 Å². The summed E-state index contributed by atoms with van der Waals surface area (Å²) in [6.45, 7) is 3.98. The summed E-state index contributed by atoms with van der Waals surface area (Å²) < 4.78 is 5.41. The Hall–Kier alpha value is -0.800. The van der Waals surface area contributed by atoms with E-state index in [1.807, 2.05) is 6.07 Å². The molecule has 1 saturated carbocycles. The highest BCUT2D eigenvalue weighted by molar-refractivity contribution is 5.14. The Bertz CT molecular complexity index is 326. The third kappa shape index (κ3) is 2.86. The van der Waals surface area contributed by atoms with E-state index in [0.29, 0.717) is 6.04 Å². The Labute approximate surface area is 97.8 Å². The van der Waals surface area contributed by atoms with Crippen molar-refractivity contribution in [3.05, 3.63) is 23.7 Å². The van der Waals surface area contributed by atoms with E-state index in [4.69, 9.17) is 4.42 Å². The molecular weight excluding hydrogens is 200 g/mol. The van der Waals surface area contributed by atoms with Crippen LogP contribution in [0.2, 0.25) is 0 Å². The molecule has 1 unspecified atom stereocenters. The molecule has 1 N–H and O–H groups in total. The SMILES string of the molecule is Cc1ccoc1CNCC(C1CC1)N(C)C. The van der Waals surface area contributed by atoms with E-state index in [0.717, 1.165) is 24.8 Å². The van der Waals surface area contributed by atoms with Crippen LogP contribution < -0.4 is 5.32 Å². The summed E-state index contributed by atoms with van der Waals surface area (Å²) >= 11 is 0. The van der Waals surface area contributed by atoms with Gasteiger partial charge < -0.3 is 14.6 Å². The highest BCUT2D eigenvalue weighted by Gasteiger charge is 2.32. The molecule has 16 heavy (non-hydrogen) atoms. The standard InChI is InChI=1S/C13H22N2O/c1-10-6-7-16-13(10)9-14-8-12(15(2)3)11-4-5-11/h6-7,11-12,14H,4-5,8-9H2,1-3H3. The molecule has 3 heteroatoms. The molecule has 0 spiro atoms. The molecule has 1 aliphatic rings. The zero-order valence-corrected chi connectivity index (χ0v) is 10.5. The highest BCUT2D eigenvalue weighted by Crippen LogP contribution is 2.34. The molecule has 0 aliphatic heterocycles. The predicted octanol–water partition coefficient (Wildman–Crippen LogP) is 2.02. The molecule has 3 nitrogen and oxygen atoms in total. The minimum Gasteiger partial charge on any atom is -0.468 e. The molecule has 0 bridgehead atoms. The summed E-state index contributed by atoms with van der Waals surface area (Å²) in [5.41, 5.74) is 1.24. The number of hydrogen-bond acceptors (Lipinski definition) is 3. The summed E-state index contributed by atoms with van der Waals surface area (Å²) in [6, 6.07) is 2.69. The molecule has 2 rings (SSSR count). The first-order chi connectivity index (χ1) is 7.68. The van der Waals surface area contributed by atoms with Crippen molar-refractivity contribution in [1.82, 2.24) is 10.2 Å². The minimum absolute atomic E-state index is 0.676. The summed E-state index contributed by atoms with van der Waals surface area (Å²) in [5.74, 6) is 1.97. The number of likely N-dealkylation sites (N-methyl/N-ethyl adjacent to an activating group) is 1. The van der Waals surface area contributed by atoms with Crippen LogP contribution in [0, 0.1) is 12.8 Å². The second-order valence-corrected chi connectivity index (χ2v) is 5.03. The largest absolute Gasteiger partial charge is 0.468 e. The monoisotopic (exact) mass is 222 g/mol. The van der Waals surface area contributed by atoms with Gasteiger partial charge in [-0.3, -0.25) is 0 Å². The van der Waals surface area contributed by atoms with Crippen LogP contribution in [0.4, 0.5) is 0 Å². The Morgan fingerprint density at radius 3 is 2.75 bits per heavy atom. The van der Waals surface area contributed by atoms with Crippen LogP contribution in [0.3, 0.4) is 0 Å². The summed E-state index contributed by atoms with van der Waals surface area (Å²) in [4.78, 5) is 2.33. The fourth-order valence-electron chi connectivity index (χ4n) is 2.17. The lowest BCUT2D eigenvalue weighted by Crippen LogP contribution is -2.39. The zero-order valence-electron chi connectivity index (χ0n) is 10.5. The quantitative estimate of drug-likeness (QED) is 0.798. The van der Waals surface area contributed by atoms with Crippen molar-refractivity contribution >= 4 is 0 Å². The molecule has 0 radical (unpaired) electrons. The number of nitrogens with zero attached hydrogens (tertiary/aromatic N) is 1. The van der Waals surface area contributed by atoms with Gasteiger partial charge in [-0.25, -0.2) is 0 Å². The van der Waals surface area contributed by atoms with Gasteiger partial charge >= 0.3 is 0 Å². The number of furan rings is 1. The molecule has 1 aliphatic carbocycles. The molecule has 1 aromatic rings. The Kier molecular flexibility index (Phi) is 3.66. The average molecular weight is 222 g/mol. The normalized spacial score (nSPS) is 18.0. The van der Waals surface area contributed by atoms with Crippen LogP contribution in [0.25, 0.3) is 0 Å². The van der Waals surface area contributed by atoms with E-state index >= 15 is 0 Å². The molecule has 0 saturated heterocycles. The van der Waals surface area contributed by atoms with Gasteiger partial charge in [-0.15, -0.1) is 0 Å². The van der Waals surface area contributed by atoms with Crippen molar-refractivity contribution in [2.45, 2.75) is 32.4 Å². The van der Waals surface area contributed by atoms with Gasteiger partial charge in [-0.05, 0) is 51.4 Å². The van der Waals surface area contributed by atoms with Crippen LogP contribution in [-0.2, 0) is 6.54 Å². The second-order valence-electron chi connectivity index (χ2n) is 5.03. The zero-order chi connectivity index (χ0) is 11.5. The van der Waals surface area contributed by atoms with Crippen molar-refractivity contribution in [1.29, 1.82) is 0 Å². The fraction of sp³-hybridized carbons (Fsp3) is 0.692. The maximum absolute atomic E-state index is 5.41. The van der Waals surface area contributed by atoms with Gasteiger partial charge in [0.05, 0.1) is 12.8 Å². The van der Waals surface area contributed by atoms with Crippen LogP contribution in [0.1, 0.15) is 24.2 Å². The highest BCUT2D eigenvalue weighted by atomic mass is 16.3. The summed E-state index contributed by atoms with van der Waals surface area (Å²) in [6.07, 6.45) is 4.55. The molecule has 1 atom stereocenters. The number of nitrogens with one attached hydrogen (secondary N) is 1. The Morgan fingerprint density at radius 2 is 2.25 bits per heavy atom. The van der Waals surface area contributed by atoms with Gasteiger partial charge in [-0.2, -0.15) is 0 Å². The second kappa shape index (κ2) is 5.02. The summed E-state index contributed by atoms with van der Waals surface area (Å²) in [7, 11) is 4.34. The molecule has 1 aromatic heterocycles. The first kappa shape index (κ1) is 11.7. The van der Waals surface area contributed by atoms with Gasteiger partial charge in [0.1, 0.15) is 5.76 Å². The lowest BCUT2D eigenvalue weighted by atomic mass is 10.1. The lowest BCUT2D eigenvalue weighted by molar-refractivity contribution is 0.253. The van der Waals surface area contributed by atoms with Crippen molar-refractivity contribution < 1.29 is 4.42 Å². The molecule has 1 heterocycles. The van der Waals surface area contributed by atoms with Gasteiger partial charge in [0, 0.05) is 12.6 Å². The van der Waals surface area contributed by atoms with E-state index in [9.17, 15) is 0 Å². The van der Waals surface area contributed by atoms with E-state index < -0.39 is 0 Å². The minimum atomic E-state index is 0.676. The fourth-order valence-corrected chi connectivity index (χ4v) is 2.17. The van der Waals surface area contributed by atoms with Gasteiger partial charge in [0.25, 0.3) is 0 Å². The topological polar surface area (TPSA) is 28.4 Å². The van der Waals surface area contributed by atoms with Crippen LogP contribution in [0.15, 0.2) is 16.7 Å².